The fraction of sp³-hybridized carbons (Fsp3) is 0.200. The summed E-state index contributed by atoms with van der Waals surface area (Å²) in [6, 6.07) is 5.50. The first-order chi connectivity index (χ1) is 14.3. The lowest BCUT2D eigenvalue weighted by atomic mass is 10.1. The normalized spacial score (nSPS) is 12.3. The molecule has 1 N–H and O–H groups in total. The van der Waals surface area contributed by atoms with Crippen molar-refractivity contribution >= 4 is 17.2 Å². The molecule has 0 spiro atoms. The van der Waals surface area contributed by atoms with Gasteiger partial charge >= 0.3 is 6.18 Å². The molecular weight excluding hydrogens is 424 g/mol. The average Bonchev–Trinajstić information content (AvgIpc) is 3.24. The molecule has 5 nitrogen and oxygen atoms in total. The molecule has 0 radical (unpaired) electrons. The highest BCUT2D eigenvalue weighted by Crippen LogP contribution is 2.34. The van der Waals surface area contributed by atoms with Crippen LogP contribution in [0.15, 0.2) is 53.4 Å². The summed E-state index contributed by atoms with van der Waals surface area (Å²) in [4.78, 5) is 16.6. The maximum atomic E-state index is 13.5. The number of carbonyl (C=O) groups excluding carboxylic acids is 1. The summed E-state index contributed by atoms with van der Waals surface area (Å²) in [6.07, 6.45) is -4.77. The third-order valence-corrected chi connectivity index (χ3v) is 4.73. The van der Waals surface area contributed by atoms with E-state index in [0.29, 0.717) is 11.4 Å². The number of carbonyl (C=O) groups is 1. The number of ether oxygens (including phenoxy) is 2. The number of thiazole rings is 1. The van der Waals surface area contributed by atoms with E-state index >= 15 is 0 Å². The van der Waals surface area contributed by atoms with Crippen molar-refractivity contribution in [2.24, 2.45) is 0 Å². The zero-order chi connectivity index (χ0) is 21.7. The molecule has 1 amide bonds. The minimum Gasteiger partial charge on any atom is -0.493 e. The Bertz CT molecular complexity index is 992. The summed E-state index contributed by atoms with van der Waals surface area (Å²) < 4.78 is 64.2. The van der Waals surface area contributed by atoms with Crippen LogP contribution in [0.3, 0.4) is 0 Å². The third-order valence-electron chi connectivity index (χ3n) is 4.09. The van der Waals surface area contributed by atoms with Crippen LogP contribution in [0, 0.1) is 5.82 Å². The molecule has 1 heterocycles. The van der Waals surface area contributed by atoms with E-state index in [0.717, 1.165) is 24.3 Å². The highest BCUT2D eigenvalue weighted by Gasteiger charge is 2.42. The van der Waals surface area contributed by atoms with Gasteiger partial charge in [0.2, 0.25) is 0 Å². The van der Waals surface area contributed by atoms with E-state index in [1.54, 1.807) is 10.9 Å². The highest BCUT2D eigenvalue weighted by molar-refractivity contribution is 7.07. The number of halogens is 4. The van der Waals surface area contributed by atoms with Crippen molar-refractivity contribution in [3.8, 4) is 11.5 Å². The highest BCUT2D eigenvalue weighted by atomic mass is 32.1. The molecule has 10 heteroatoms. The van der Waals surface area contributed by atoms with Gasteiger partial charge in [-0.2, -0.15) is 13.2 Å². The van der Waals surface area contributed by atoms with Gasteiger partial charge in [0.1, 0.15) is 12.4 Å². The van der Waals surface area contributed by atoms with Gasteiger partial charge in [0.25, 0.3) is 5.91 Å². The van der Waals surface area contributed by atoms with Gasteiger partial charge in [-0.05, 0) is 35.9 Å². The van der Waals surface area contributed by atoms with Gasteiger partial charge in [0.05, 0.1) is 18.3 Å². The van der Waals surface area contributed by atoms with E-state index in [1.807, 2.05) is 5.32 Å². The Morgan fingerprint density at radius 3 is 2.50 bits per heavy atom. The molecule has 0 aliphatic heterocycles. The second-order valence-electron chi connectivity index (χ2n) is 6.13. The fourth-order valence-electron chi connectivity index (χ4n) is 2.61. The summed E-state index contributed by atoms with van der Waals surface area (Å²) in [5.74, 6) is -1.15. The topological polar surface area (TPSA) is 60.5 Å². The first-order valence-electron chi connectivity index (χ1n) is 8.59. The summed E-state index contributed by atoms with van der Waals surface area (Å²) >= 11 is 1.41. The van der Waals surface area contributed by atoms with Crippen molar-refractivity contribution < 1.29 is 31.8 Å². The third kappa shape index (κ3) is 5.26. The average molecular weight is 440 g/mol. The number of aromatic nitrogens is 1. The second kappa shape index (κ2) is 9.12. The van der Waals surface area contributed by atoms with Crippen molar-refractivity contribution in [3.05, 3.63) is 76.0 Å². The lowest BCUT2D eigenvalue weighted by molar-refractivity contribution is -0.155. The Hall–Kier alpha value is -3.14. The zero-order valence-electron chi connectivity index (χ0n) is 15.6. The minimum absolute atomic E-state index is 0.0516. The van der Waals surface area contributed by atoms with E-state index < -0.39 is 23.9 Å². The van der Waals surface area contributed by atoms with Gasteiger partial charge < -0.3 is 14.8 Å². The van der Waals surface area contributed by atoms with Crippen molar-refractivity contribution in [3.63, 3.8) is 0 Å². The van der Waals surface area contributed by atoms with Gasteiger partial charge in [-0.3, -0.25) is 4.79 Å². The number of alkyl halides is 3. The molecule has 3 aromatic rings. The van der Waals surface area contributed by atoms with Gasteiger partial charge in [0, 0.05) is 10.9 Å². The largest absolute Gasteiger partial charge is 0.493 e. The maximum absolute atomic E-state index is 13.5. The quantitative estimate of drug-likeness (QED) is 0.531. The molecule has 1 atom stereocenters. The molecule has 0 saturated heterocycles. The number of hydrogen-bond acceptors (Lipinski definition) is 5. The SMILES string of the molecule is COc1cc(C(=O)NC(c2ccc(F)cc2)C(F)(F)F)ccc1OCc1cscn1. The Balaban J connectivity index is 1.78. The maximum Gasteiger partial charge on any atom is 0.412 e. The van der Waals surface area contributed by atoms with Gasteiger partial charge in [0.15, 0.2) is 17.5 Å². The summed E-state index contributed by atoms with van der Waals surface area (Å²) in [5.41, 5.74) is 2.02. The lowest BCUT2D eigenvalue weighted by Gasteiger charge is -2.22. The molecule has 0 bridgehead atoms. The van der Waals surface area contributed by atoms with Crippen LogP contribution in [0.1, 0.15) is 27.7 Å². The van der Waals surface area contributed by atoms with Crippen molar-refractivity contribution in [2.75, 3.05) is 7.11 Å². The van der Waals surface area contributed by atoms with Gasteiger partial charge in [-0.25, -0.2) is 9.37 Å². The molecule has 30 heavy (non-hydrogen) atoms. The minimum atomic E-state index is -4.77. The number of benzene rings is 2. The summed E-state index contributed by atoms with van der Waals surface area (Å²) in [7, 11) is 1.35. The van der Waals surface area contributed by atoms with Crippen LogP contribution in [0.4, 0.5) is 17.6 Å². The molecule has 2 aromatic carbocycles. The predicted molar refractivity (Wildman–Crippen MR) is 102 cm³/mol. The predicted octanol–water partition coefficient (Wildman–Crippen LogP) is 4.90. The molecule has 158 valence electrons. The number of hydrogen-bond donors (Lipinski definition) is 1. The standard InChI is InChI=1S/C20H16F4N2O3S/c1-28-17-8-13(4-7-16(17)29-9-15-10-30-11-25-15)19(27)26-18(20(22,23)24)12-2-5-14(21)6-3-12/h2-8,10-11,18H,9H2,1H3,(H,26,27). The lowest BCUT2D eigenvalue weighted by Crippen LogP contribution is -2.38. The Morgan fingerprint density at radius 1 is 1.17 bits per heavy atom. The zero-order valence-corrected chi connectivity index (χ0v) is 16.4. The Morgan fingerprint density at radius 2 is 1.90 bits per heavy atom. The summed E-state index contributed by atoms with van der Waals surface area (Å²) in [6.45, 7) is 0.173. The van der Waals surface area contributed by atoms with E-state index in [2.05, 4.69) is 4.98 Å². The van der Waals surface area contributed by atoms with Crippen molar-refractivity contribution in [1.82, 2.24) is 10.3 Å². The van der Waals surface area contributed by atoms with E-state index in [1.165, 1.54) is 36.6 Å². The molecule has 0 saturated carbocycles. The molecule has 1 unspecified atom stereocenters. The van der Waals surface area contributed by atoms with E-state index in [4.69, 9.17) is 9.47 Å². The summed E-state index contributed by atoms with van der Waals surface area (Å²) in [5, 5.41) is 3.75. The monoisotopic (exact) mass is 440 g/mol. The van der Waals surface area contributed by atoms with Crippen LogP contribution in [0.5, 0.6) is 11.5 Å². The molecule has 0 aliphatic rings. The molecule has 3 rings (SSSR count). The first kappa shape index (κ1) is 21.6. The molecule has 0 aliphatic carbocycles. The van der Waals surface area contributed by atoms with Crippen LogP contribution >= 0.6 is 11.3 Å². The Kier molecular flexibility index (Phi) is 6.56. The number of nitrogens with one attached hydrogen (secondary N) is 1. The van der Waals surface area contributed by atoms with Crippen LogP contribution in [-0.4, -0.2) is 24.2 Å². The first-order valence-corrected chi connectivity index (χ1v) is 9.53. The molecular formula is C20H16F4N2O3S. The van der Waals surface area contributed by atoms with Crippen LogP contribution < -0.4 is 14.8 Å². The van der Waals surface area contributed by atoms with Gasteiger partial charge in [-0.1, -0.05) is 12.1 Å². The van der Waals surface area contributed by atoms with E-state index in [-0.39, 0.29) is 23.5 Å². The van der Waals surface area contributed by atoms with Crippen LogP contribution in [0.2, 0.25) is 0 Å². The van der Waals surface area contributed by atoms with Crippen molar-refractivity contribution in [1.29, 1.82) is 0 Å². The van der Waals surface area contributed by atoms with E-state index in [9.17, 15) is 22.4 Å². The number of rotatable bonds is 7. The number of nitrogens with zero attached hydrogens (tertiary/aromatic N) is 1. The number of methoxy groups -OCH3 is 1. The Labute approximate surface area is 173 Å². The molecule has 0 fully saturated rings. The van der Waals surface area contributed by atoms with Gasteiger partial charge in [-0.15, -0.1) is 11.3 Å². The number of amides is 1. The smallest absolute Gasteiger partial charge is 0.412 e. The van der Waals surface area contributed by atoms with Crippen LogP contribution in [-0.2, 0) is 6.61 Å². The van der Waals surface area contributed by atoms with Crippen molar-refractivity contribution in [2.45, 2.75) is 18.8 Å². The van der Waals surface area contributed by atoms with Crippen LogP contribution in [0.25, 0.3) is 0 Å². The second-order valence-corrected chi connectivity index (χ2v) is 6.85. The molecule has 1 aromatic heterocycles. The fourth-order valence-corrected chi connectivity index (χ4v) is 3.16.